The maximum Gasteiger partial charge on any atom is 0.270 e. The lowest BCUT2D eigenvalue weighted by Gasteiger charge is -2.30. The number of nitrogens with one attached hydrogen (secondary N) is 2. The van der Waals surface area contributed by atoms with Gasteiger partial charge in [-0.2, -0.15) is 0 Å². The van der Waals surface area contributed by atoms with E-state index in [9.17, 15) is 19.7 Å². The zero-order chi connectivity index (χ0) is 20.1. The van der Waals surface area contributed by atoms with Gasteiger partial charge in [-0.1, -0.05) is 45.2 Å². The van der Waals surface area contributed by atoms with Gasteiger partial charge >= 0.3 is 0 Å². The molecule has 3 unspecified atom stereocenters. The summed E-state index contributed by atoms with van der Waals surface area (Å²) in [4.78, 5) is 35.5. The molecule has 0 aliphatic heterocycles. The van der Waals surface area contributed by atoms with E-state index in [4.69, 9.17) is 11.6 Å². The minimum absolute atomic E-state index is 0.0225. The monoisotopic (exact) mass is 395 g/mol. The molecule has 0 aromatic heterocycles. The van der Waals surface area contributed by atoms with Crippen LogP contribution in [0.2, 0.25) is 5.02 Å². The Bertz CT molecular complexity index is 723. The van der Waals surface area contributed by atoms with Crippen molar-refractivity contribution in [2.24, 2.45) is 11.8 Å². The molecule has 2 amide bonds. The van der Waals surface area contributed by atoms with Crippen LogP contribution in [0.25, 0.3) is 0 Å². The highest BCUT2D eigenvalue weighted by molar-refractivity contribution is 6.34. The number of amides is 2. The summed E-state index contributed by atoms with van der Waals surface area (Å²) in [6.07, 6.45) is 4.15. The molecule has 2 N–H and O–H groups in total. The number of nitrogens with zero attached hydrogens (tertiary/aromatic N) is 1. The summed E-state index contributed by atoms with van der Waals surface area (Å²) >= 11 is 6.02. The molecule has 0 heterocycles. The van der Waals surface area contributed by atoms with Crippen LogP contribution >= 0.6 is 11.6 Å². The van der Waals surface area contributed by atoms with Crippen LogP contribution in [-0.2, 0) is 4.79 Å². The number of non-ortho nitro benzene ring substituents is 1. The van der Waals surface area contributed by atoms with Crippen molar-refractivity contribution in [3.8, 4) is 0 Å². The summed E-state index contributed by atoms with van der Waals surface area (Å²) in [5.74, 6) is -0.280. The molecular weight excluding hydrogens is 370 g/mol. The van der Waals surface area contributed by atoms with Crippen LogP contribution in [-0.4, -0.2) is 28.8 Å². The van der Waals surface area contributed by atoms with Gasteiger partial charge in [-0.15, -0.1) is 0 Å². The Morgan fingerprint density at radius 1 is 1.30 bits per heavy atom. The second-order valence-corrected chi connectivity index (χ2v) is 8.00. The fourth-order valence-electron chi connectivity index (χ4n) is 3.41. The highest BCUT2D eigenvalue weighted by Gasteiger charge is 2.29. The first-order valence-corrected chi connectivity index (χ1v) is 9.62. The van der Waals surface area contributed by atoms with Crippen molar-refractivity contribution in [3.63, 3.8) is 0 Å². The van der Waals surface area contributed by atoms with Crippen LogP contribution in [0.3, 0.4) is 0 Å². The molecule has 7 nitrogen and oxygen atoms in total. The van der Waals surface area contributed by atoms with E-state index < -0.39 is 16.9 Å². The van der Waals surface area contributed by atoms with Crippen molar-refractivity contribution in [2.75, 3.05) is 0 Å². The Hall–Kier alpha value is -2.15. The molecule has 2 rings (SSSR count). The smallest absolute Gasteiger partial charge is 0.270 e. The summed E-state index contributed by atoms with van der Waals surface area (Å²) in [5, 5.41) is 16.5. The molecule has 1 aromatic carbocycles. The Morgan fingerprint density at radius 3 is 2.56 bits per heavy atom. The van der Waals surface area contributed by atoms with E-state index in [-0.39, 0.29) is 34.1 Å². The van der Waals surface area contributed by atoms with Gasteiger partial charge in [-0.3, -0.25) is 19.7 Å². The molecule has 1 saturated carbocycles. The fourth-order valence-corrected chi connectivity index (χ4v) is 3.67. The van der Waals surface area contributed by atoms with Gasteiger partial charge in [0.05, 0.1) is 15.5 Å². The topological polar surface area (TPSA) is 101 Å². The number of hydrogen-bond donors (Lipinski definition) is 2. The van der Waals surface area contributed by atoms with Gasteiger partial charge in [0.1, 0.15) is 6.04 Å². The fraction of sp³-hybridized carbons (Fsp3) is 0.579. The average Bonchev–Trinajstić information content (AvgIpc) is 2.58. The lowest BCUT2D eigenvalue weighted by atomic mass is 9.87. The molecule has 148 valence electrons. The first-order chi connectivity index (χ1) is 12.7. The third-order valence-electron chi connectivity index (χ3n) is 4.93. The van der Waals surface area contributed by atoms with Crippen LogP contribution in [0.15, 0.2) is 18.2 Å². The van der Waals surface area contributed by atoms with Crippen molar-refractivity contribution < 1.29 is 14.5 Å². The summed E-state index contributed by atoms with van der Waals surface area (Å²) in [6.45, 7) is 5.88. The summed E-state index contributed by atoms with van der Waals surface area (Å²) < 4.78 is 0. The predicted molar refractivity (Wildman–Crippen MR) is 104 cm³/mol. The number of carbonyl (C=O) groups is 2. The summed E-state index contributed by atoms with van der Waals surface area (Å²) in [6, 6.07) is 3.07. The summed E-state index contributed by atoms with van der Waals surface area (Å²) in [5.41, 5.74) is -0.0897. The minimum Gasteiger partial charge on any atom is -0.352 e. The first kappa shape index (κ1) is 21.2. The number of hydrogen-bond acceptors (Lipinski definition) is 4. The van der Waals surface area contributed by atoms with Gasteiger partial charge in [-0.25, -0.2) is 0 Å². The number of nitro groups is 1. The molecule has 0 radical (unpaired) electrons. The quantitative estimate of drug-likeness (QED) is 0.566. The van der Waals surface area contributed by atoms with Gasteiger partial charge in [0.2, 0.25) is 5.91 Å². The van der Waals surface area contributed by atoms with Crippen molar-refractivity contribution >= 4 is 29.1 Å². The summed E-state index contributed by atoms with van der Waals surface area (Å²) in [7, 11) is 0. The van der Waals surface area contributed by atoms with Crippen LogP contribution in [0, 0.1) is 22.0 Å². The van der Waals surface area contributed by atoms with E-state index in [0.29, 0.717) is 5.92 Å². The van der Waals surface area contributed by atoms with Gasteiger partial charge in [-0.05, 0) is 30.7 Å². The zero-order valence-electron chi connectivity index (χ0n) is 15.8. The third kappa shape index (κ3) is 5.66. The molecule has 0 bridgehead atoms. The van der Waals surface area contributed by atoms with Crippen molar-refractivity contribution in [2.45, 2.75) is 58.5 Å². The standard InChI is InChI=1S/C19H26ClN3O4/c1-11(2)17(19(25)21-13-6-4-5-12(3)9-13)22-18(24)15-8-7-14(23(26)27)10-16(15)20/h7-8,10-13,17H,4-6,9H2,1-3H3,(H,21,25)(H,22,24). The molecule has 27 heavy (non-hydrogen) atoms. The lowest BCUT2D eigenvalue weighted by molar-refractivity contribution is -0.384. The highest BCUT2D eigenvalue weighted by Crippen LogP contribution is 2.24. The Morgan fingerprint density at radius 2 is 2.00 bits per heavy atom. The van der Waals surface area contributed by atoms with Crippen molar-refractivity contribution in [3.05, 3.63) is 38.9 Å². The van der Waals surface area contributed by atoms with E-state index >= 15 is 0 Å². The minimum atomic E-state index is -0.707. The molecule has 0 spiro atoms. The highest BCUT2D eigenvalue weighted by atomic mass is 35.5. The van der Waals surface area contributed by atoms with Crippen LogP contribution in [0.4, 0.5) is 5.69 Å². The largest absolute Gasteiger partial charge is 0.352 e. The SMILES string of the molecule is CC1CCCC(NC(=O)C(NC(=O)c2ccc([N+](=O)[O-])cc2Cl)C(C)C)C1. The van der Waals surface area contributed by atoms with Crippen LogP contribution < -0.4 is 10.6 Å². The number of rotatable bonds is 6. The lowest BCUT2D eigenvalue weighted by Crippen LogP contribution is -2.52. The second kappa shape index (κ2) is 9.17. The Kier molecular flexibility index (Phi) is 7.18. The van der Waals surface area contributed by atoms with E-state index in [0.717, 1.165) is 25.3 Å². The van der Waals surface area contributed by atoms with Crippen molar-refractivity contribution in [1.29, 1.82) is 0 Å². The van der Waals surface area contributed by atoms with Gasteiger partial charge in [0.25, 0.3) is 11.6 Å². The van der Waals surface area contributed by atoms with Crippen LogP contribution in [0.1, 0.15) is 56.8 Å². The maximum atomic E-state index is 12.7. The van der Waals surface area contributed by atoms with Gasteiger partial charge in [0.15, 0.2) is 0 Å². The maximum absolute atomic E-state index is 12.7. The van der Waals surface area contributed by atoms with E-state index in [2.05, 4.69) is 17.6 Å². The molecule has 1 aliphatic carbocycles. The Balaban J connectivity index is 2.07. The van der Waals surface area contributed by atoms with Gasteiger partial charge in [0, 0.05) is 18.2 Å². The number of nitro benzene ring substituents is 1. The first-order valence-electron chi connectivity index (χ1n) is 9.24. The zero-order valence-corrected chi connectivity index (χ0v) is 16.6. The van der Waals surface area contributed by atoms with Crippen molar-refractivity contribution in [1.82, 2.24) is 10.6 Å². The van der Waals surface area contributed by atoms with Crippen LogP contribution in [0.5, 0.6) is 0 Å². The normalized spacial score (nSPS) is 20.8. The molecule has 8 heteroatoms. The van der Waals surface area contributed by atoms with E-state index in [1.807, 2.05) is 13.8 Å². The molecule has 1 aromatic rings. The van der Waals surface area contributed by atoms with E-state index in [1.54, 1.807) is 0 Å². The molecule has 1 fully saturated rings. The number of benzene rings is 1. The third-order valence-corrected chi connectivity index (χ3v) is 5.24. The second-order valence-electron chi connectivity index (χ2n) is 7.59. The average molecular weight is 396 g/mol. The predicted octanol–water partition coefficient (Wildman–Crippen LogP) is 3.70. The number of carbonyl (C=O) groups excluding carboxylic acids is 2. The Labute approximate surface area is 164 Å². The van der Waals surface area contributed by atoms with Gasteiger partial charge < -0.3 is 10.6 Å². The molecule has 3 atom stereocenters. The van der Waals surface area contributed by atoms with E-state index in [1.165, 1.54) is 18.6 Å². The number of halogens is 1. The molecule has 1 aliphatic rings. The molecular formula is C19H26ClN3O4. The molecule has 0 saturated heterocycles.